The molecule has 0 saturated carbocycles. The number of aliphatic hydroxyl groups excluding tert-OH is 1. The van der Waals surface area contributed by atoms with Gasteiger partial charge in [0.05, 0.1) is 7.11 Å². The number of ether oxygens (including phenoxy) is 6. The monoisotopic (exact) mass is 1140 g/mol. The summed E-state index contributed by atoms with van der Waals surface area (Å²) in [6.45, 7) is 32.6. The number of aliphatic hydroxyl groups is 1. The molecule has 25 heteroatoms. The van der Waals surface area contributed by atoms with Crippen LogP contribution in [0, 0.1) is 53.3 Å². The van der Waals surface area contributed by atoms with E-state index in [1.807, 2.05) is 0 Å². The molecule has 0 aromatic heterocycles. The second kappa shape index (κ2) is 34.0. The van der Waals surface area contributed by atoms with Gasteiger partial charge in [0.1, 0.15) is 42.4 Å². The van der Waals surface area contributed by atoms with Crippen LogP contribution in [-0.4, -0.2) is 156 Å². The number of nitrogens with one attached hydrogen (secondary N) is 6. The molecule has 458 valence electrons. The average Bonchev–Trinajstić information content (AvgIpc) is 3.34. The zero-order chi connectivity index (χ0) is 62.5. The van der Waals surface area contributed by atoms with E-state index in [-0.39, 0.29) is 5.92 Å². The maximum Gasteiger partial charge on any atom is 0.329 e. The summed E-state index contributed by atoms with van der Waals surface area (Å²) in [5, 5.41) is 24.7. The summed E-state index contributed by atoms with van der Waals surface area (Å²) < 4.78 is 32.5. The highest BCUT2D eigenvalue weighted by Gasteiger charge is 2.41. The van der Waals surface area contributed by atoms with Crippen LogP contribution in [0.15, 0.2) is 0 Å². The molecule has 7 N–H and O–H groups in total. The lowest BCUT2D eigenvalue weighted by Crippen LogP contribution is -2.55. The van der Waals surface area contributed by atoms with E-state index in [0.717, 1.165) is 0 Å². The van der Waals surface area contributed by atoms with Crippen LogP contribution < -0.4 is 31.9 Å². The van der Waals surface area contributed by atoms with Crippen LogP contribution in [0.1, 0.15) is 145 Å². The lowest BCUT2D eigenvalue weighted by molar-refractivity contribution is -0.166. The van der Waals surface area contributed by atoms with E-state index < -0.39 is 191 Å². The topological polar surface area (TPSA) is 353 Å². The van der Waals surface area contributed by atoms with Gasteiger partial charge in [0.25, 0.3) is 29.5 Å². The standard InChI is InChI=1S/C55H94N6O19/c1-23(2)35(50(69)75-22)59-47(66)41(29(13)14)79-54(73)39(27(9)10)57-45(64)33(20)77-52(71)37(25(5)6)61-49(68)43(31(17)18)80-55(74)40(28(11)12)58-46(65)34(21)76-51(70)36(24(3)4)60-48(67)42(30(15)16)78-53(72)38(26(7)8)56-44(63)32(19)62/h23-43,62H,1-22H3,(H,56,63)(H,57,64)(H,58,65)(H,59,66)(H,60,67)(H,61,68)/t32-,33-,34-,35+,36+,37+,38-,39-,40-,41+,42+,43+/m0/s1. The average molecular weight is 1140 g/mol. The first-order valence-corrected chi connectivity index (χ1v) is 27.3. The number of amides is 6. The Balaban J connectivity index is 6.11. The molecule has 0 fully saturated rings. The van der Waals surface area contributed by atoms with E-state index >= 15 is 0 Å². The number of carbonyl (C=O) groups excluding carboxylic acids is 12. The molecule has 0 unspecified atom stereocenters. The SMILES string of the molecule is COC(=O)[C@H](NC(=O)[C@H](OC(=O)[C@@H](NC(=O)[C@H](C)OC(=O)[C@H](NC(=O)[C@H](OC(=O)[C@@H](NC(=O)[C@H](C)OC(=O)[C@H](NC(=O)[C@H](OC(=O)[C@@H](NC(=O)[C@H](C)O)C(C)C)C(C)C)C(C)C)C(C)C)C(C)C)C(C)C)C(C)C)C(C)C)C(C)C. The zero-order valence-corrected chi connectivity index (χ0v) is 50.9. The van der Waals surface area contributed by atoms with E-state index in [2.05, 4.69) is 31.9 Å². The van der Waals surface area contributed by atoms with Gasteiger partial charge in [-0.05, 0) is 74.0 Å². The minimum absolute atomic E-state index is 0.360. The van der Waals surface area contributed by atoms with Crippen molar-refractivity contribution >= 4 is 71.3 Å². The van der Waals surface area contributed by atoms with Crippen molar-refractivity contribution in [1.29, 1.82) is 0 Å². The van der Waals surface area contributed by atoms with Gasteiger partial charge in [-0.25, -0.2) is 28.8 Å². The minimum atomic E-state index is -1.55. The van der Waals surface area contributed by atoms with Crippen molar-refractivity contribution in [3.8, 4) is 0 Å². The normalized spacial score (nSPS) is 16.2. The van der Waals surface area contributed by atoms with Crippen molar-refractivity contribution in [3.63, 3.8) is 0 Å². The first-order chi connectivity index (χ1) is 36.7. The van der Waals surface area contributed by atoms with E-state index in [4.69, 9.17) is 28.4 Å². The van der Waals surface area contributed by atoms with E-state index in [1.54, 1.807) is 125 Å². The van der Waals surface area contributed by atoms with Crippen molar-refractivity contribution in [2.45, 2.75) is 218 Å². The van der Waals surface area contributed by atoms with Crippen LogP contribution in [0.25, 0.3) is 0 Å². The number of rotatable bonds is 32. The molecular weight excluding hydrogens is 1050 g/mol. The third kappa shape index (κ3) is 23.4. The highest BCUT2D eigenvalue weighted by atomic mass is 16.6. The lowest BCUT2D eigenvalue weighted by atomic mass is 10.0. The van der Waals surface area contributed by atoms with Crippen molar-refractivity contribution in [2.75, 3.05) is 7.11 Å². The van der Waals surface area contributed by atoms with E-state index in [0.29, 0.717) is 0 Å². The molecule has 0 aromatic rings. The molecular formula is C55H94N6O19. The molecule has 0 spiro atoms. The number of methoxy groups -OCH3 is 1. The van der Waals surface area contributed by atoms with Crippen LogP contribution in [0.4, 0.5) is 0 Å². The third-order valence-electron chi connectivity index (χ3n) is 12.5. The van der Waals surface area contributed by atoms with E-state index in [1.165, 1.54) is 27.9 Å². The lowest BCUT2D eigenvalue weighted by Gasteiger charge is -2.30. The van der Waals surface area contributed by atoms with Crippen LogP contribution in [0.5, 0.6) is 0 Å². The predicted octanol–water partition coefficient (Wildman–Crippen LogP) is 1.95. The predicted molar refractivity (Wildman–Crippen MR) is 290 cm³/mol. The Morgan fingerprint density at radius 3 is 0.637 bits per heavy atom. The van der Waals surface area contributed by atoms with Crippen LogP contribution >= 0.6 is 0 Å². The maximum absolute atomic E-state index is 13.9. The van der Waals surface area contributed by atoms with Gasteiger partial charge in [-0.3, -0.25) is 28.8 Å². The Bertz CT molecular complexity index is 2140. The highest BCUT2D eigenvalue weighted by Crippen LogP contribution is 2.19. The summed E-state index contributed by atoms with van der Waals surface area (Å²) in [6.07, 6.45) is -8.86. The van der Waals surface area contributed by atoms with Crippen LogP contribution in [-0.2, 0) is 86.0 Å². The Hall–Kier alpha value is -6.40. The highest BCUT2D eigenvalue weighted by molar-refractivity contribution is 5.95. The summed E-state index contributed by atoms with van der Waals surface area (Å²) in [5.41, 5.74) is 0. The molecule has 6 amide bonds. The smallest absolute Gasteiger partial charge is 0.329 e. The summed E-state index contributed by atoms with van der Waals surface area (Å²) in [7, 11) is 1.17. The maximum atomic E-state index is 13.9. The van der Waals surface area contributed by atoms with Crippen molar-refractivity contribution in [2.24, 2.45) is 53.3 Å². The van der Waals surface area contributed by atoms with Crippen molar-refractivity contribution in [1.82, 2.24) is 31.9 Å². The van der Waals surface area contributed by atoms with Crippen molar-refractivity contribution in [3.05, 3.63) is 0 Å². The van der Waals surface area contributed by atoms with Crippen LogP contribution in [0.3, 0.4) is 0 Å². The fraction of sp³-hybridized carbons (Fsp3) is 0.782. The molecule has 0 aromatic carbocycles. The Kier molecular flexibility index (Phi) is 31.3. The molecule has 25 nitrogen and oxygen atoms in total. The largest absolute Gasteiger partial charge is 0.467 e. The second-order valence-corrected chi connectivity index (χ2v) is 23.0. The van der Waals surface area contributed by atoms with Gasteiger partial charge in [0, 0.05) is 0 Å². The fourth-order valence-corrected chi connectivity index (χ4v) is 7.31. The first-order valence-electron chi connectivity index (χ1n) is 27.3. The summed E-state index contributed by atoms with van der Waals surface area (Å²) in [6, 6.07) is -7.74. The first kappa shape index (κ1) is 73.6. The molecule has 0 heterocycles. The molecule has 0 saturated heterocycles. The minimum Gasteiger partial charge on any atom is -0.467 e. The Labute approximate surface area is 471 Å². The number of carbonyl (C=O) groups is 12. The molecule has 0 aliphatic rings. The Morgan fingerprint density at radius 1 is 0.263 bits per heavy atom. The number of esters is 6. The molecule has 80 heavy (non-hydrogen) atoms. The molecule has 0 rings (SSSR count). The Morgan fingerprint density at radius 2 is 0.450 bits per heavy atom. The number of hydrogen-bond acceptors (Lipinski definition) is 19. The molecule has 12 atom stereocenters. The number of hydrogen-bond donors (Lipinski definition) is 7. The van der Waals surface area contributed by atoms with Crippen LogP contribution in [0.2, 0.25) is 0 Å². The fourth-order valence-electron chi connectivity index (χ4n) is 7.31. The summed E-state index contributed by atoms with van der Waals surface area (Å²) in [5.74, 6) is -16.3. The van der Waals surface area contributed by atoms with Crippen molar-refractivity contribution < 1.29 is 91.1 Å². The van der Waals surface area contributed by atoms with Gasteiger partial charge in [-0.1, -0.05) is 125 Å². The molecule has 0 aliphatic heterocycles. The quantitative estimate of drug-likeness (QED) is 0.0374. The van der Waals surface area contributed by atoms with Gasteiger partial charge in [-0.2, -0.15) is 0 Å². The zero-order valence-electron chi connectivity index (χ0n) is 50.9. The van der Waals surface area contributed by atoms with Gasteiger partial charge < -0.3 is 65.4 Å². The molecule has 0 aliphatic carbocycles. The van der Waals surface area contributed by atoms with Gasteiger partial charge in [0.15, 0.2) is 30.5 Å². The summed E-state index contributed by atoms with van der Waals surface area (Å²) in [4.78, 5) is 160. The molecule has 0 bridgehead atoms. The van der Waals surface area contributed by atoms with Gasteiger partial charge in [-0.15, -0.1) is 0 Å². The second-order valence-electron chi connectivity index (χ2n) is 23.0. The van der Waals surface area contributed by atoms with Gasteiger partial charge >= 0.3 is 35.8 Å². The van der Waals surface area contributed by atoms with Gasteiger partial charge in [0.2, 0.25) is 5.91 Å². The summed E-state index contributed by atoms with van der Waals surface area (Å²) >= 11 is 0. The third-order valence-corrected chi connectivity index (χ3v) is 12.5. The molecule has 0 radical (unpaired) electrons. The van der Waals surface area contributed by atoms with E-state index in [9.17, 15) is 62.6 Å².